The lowest BCUT2D eigenvalue weighted by atomic mass is 10.0. The van der Waals surface area contributed by atoms with Gasteiger partial charge in [0.15, 0.2) is 0 Å². The number of nitrogens with zero attached hydrogens (tertiary/aromatic N) is 1. The lowest BCUT2D eigenvalue weighted by Crippen LogP contribution is -2.52. The molecule has 2 N–H and O–H groups in total. The van der Waals surface area contributed by atoms with Crippen molar-refractivity contribution in [2.75, 3.05) is 12.4 Å². The Hall–Kier alpha value is -3.51. The summed E-state index contributed by atoms with van der Waals surface area (Å²) < 4.78 is 5.22. The smallest absolute Gasteiger partial charge is 0.276 e. The molecule has 7 heteroatoms. The molecule has 0 aromatic heterocycles. The topological polar surface area (TPSA) is 70.7 Å². The van der Waals surface area contributed by atoms with Gasteiger partial charge in [0.25, 0.3) is 11.8 Å². The largest absolute Gasteiger partial charge is 0.497 e. The molecule has 1 heterocycles. The van der Waals surface area contributed by atoms with Crippen LogP contribution in [0.25, 0.3) is 0 Å². The summed E-state index contributed by atoms with van der Waals surface area (Å²) in [7, 11) is 1.59. The second-order valence-electron chi connectivity index (χ2n) is 6.99. The Labute approximate surface area is 179 Å². The molecule has 0 saturated heterocycles. The van der Waals surface area contributed by atoms with E-state index in [1.807, 2.05) is 31.2 Å². The second kappa shape index (κ2) is 8.08. The molecule has 0 radical (unpaired) electrons. The number of hydrogen-bond donors (Lipinski definition) is 2. The molecule has 0 fully saturated rings. The number of hydrazine groups is 1. The van der Waals surface area contributed by atoms with E-state index < -0.39 is 6.17 Å². The van der Waals surface area contributed by atoms with Crippen molar-refractivity contribution in [3.05, 3.63) is 94.0 Å². The molecule has 0 aliphatic carbocycles. The van der Waals surface area contributed by atoms with Gasteiger partial charge in [-0.15, -0.1) is 0 Å². The monoisotopic (exact) mass is 421 g/mol. The minimum absolute atomic E-state index is 0.354. The van der Waals surface area contributed by atoms with Gasteiger partial charge in [-0.05, 0) is 55.0 Å². The number of ether oxygens (including phenoxy) is 1. The molecular formula is C23H20ClN3O3. The number of halogens is 1. The molecular weight excluding hydrogens is 402 g/mol. The van der Waals surface area contributed by atoms with Crippen LogP contribution in [0, 0.1) is 6.92 Å². The highest BCUT2D eigenvalue weighted by Crippen LogP contribution is 2.34. The van der Waals surface area contributed by atoms with Crippen molar-refractivity contribution in [2.45, 2.75) is 13.1 Å². The van der Waals surface area contributed by atoms with Gasteiger partial charge in [0.05, 0.1) is 12.7 Å². The molecule has 0 spiro atoms. The first-order valence-corrected chi connectivity index (χ1v) is 9.75. The molecule has 1 atom stereocenters. The van der Waals surface area contributed by atoms with Crippen molar-refractivity contribution in [2.24, 2.45) is 0 Å². The zero-order valence-corrected chi connectivity index (χ0v) is 17.2. The number of anilines is 1. The third-order valence-corrected chi connectivity index (χ3v) is 5.18. The molecule has 1 aliphatic heterocycles. The normalized spacial score (nSPS) is 15.2. The fourth-order valence-corrected chi connectivity index (χ4v) is 3.46. The van der Waals surface area contributed by atoms with E-state index in [1.165, 1.54) is 5.01 Å². The third-order valence-electron chi connectivity index (χ3n) is 4.95. The molecule has 0 saturated carbocycles. The number of fused-ring (bicyclic) bond motifs is 1. The number of carbonyl (C=O) groups is 2. The van der Waals surface area contributed by atoms with Gasteiger partial charge in [0.2, 0.25) is 0 Å². The molecule has 3 aromatic rings. The van der Waals surface area contributed by atoms with Crippen molar-refractivity contribution < 1.29 is 14.3 Å². The Morgan fingerprint density at radius 1 is 1.07 bits per heavy atom. The van der Waals surface area contributed by atoms with Crippen LogP contribution in [0.15, 0.2) is 66.7 Å². The van der Waals surface area contributed by atoms with Gasteiger partial charge in [-0.3, -0.25) is 15.0 Å². The Morgan fingerprint density at radius 2 is 1.77 bits per heavy atom. The van der Waals surface area contributed by atoms with E-state index in [0.717, 1.165) is 11.1 Å². The van der Waals surface area contributed by atoms with E-state index in [2.05, 4.69) is 10.7 Å². The summed E-state index contributed by atoms with van der Waals surface area (Å²) in [6.45, 7) is 1.94. The maximum atomic E-state index is 13.3. The van der Waals surface area contributed by atoms with Gasteiger partial charge in [-0.1, -0.05) is 41.4 Å². The highest BCUT2D eigenvalue weighted by atomic mass is 35.5. The Balaban J connectivity index is 1.71. The fraction of sp³-hybridized carbons (Fsp3) is 0.130. The van der Waals surface area contributed by atoms with E-state index in [-0.39, 0.29) is 11.8 Å². The first-order chi connectivity index (χ1) is 14.5. The van der Waals surface area contributed by atoms with E-state index in [0.29, 0.717) is 27.6 Å². The summed E-state index contributed by atoms with van der Waals surface area (Å²) >= 11 is 6.09. The molecule has 1 aliphatic rings. The molecule has 0 bridgehead atoms. The summed E-state index contributed by atoms with van der Waals surface area (Å²) in [6.07, 6.45) is -0.605. The van der Waals surface area contributed by atoms with Crippen molar-refractivity contribution in [1.82, 2.24) is 10.4 Å². The average molecular weight is 422 g/mol. The van der Waals surface area contributed by atoms with Crippen LogP contribution in [0.3, 0.4) is 0 Å². The molecule has 2 amide bonds. The number of amides is 2. The van der Waals surface area contributed by atoms with Gasteiger partial charge in [0, 0.05) is 16.3 Å². The number of benzene rings is 3. The van der Waals surface area contributed by atoms with Gasteiger partial charge in [0.1, 0.15) is 11.9 Å². The SMILES string of the molecule is COc1ccc(C2Nc3ccc(Cl)cc3C(=O)N2NC(=O)c2ccc(C)cc2)cc1. The minimum atomic E-state index is -0.605. The zero-order chi connectivity index (χ0) is 21.3. The molecule has 3 aromatic carbocycles. The molecule has 6 nitrogen and oxygen atoms in total. The summed E-state index contributed by atoms with van der Waals surface area (Å²) in [4.78, 5) is 26.1. The first kappa shape index (κ1) is 19.8. The van der Waals surface area contributed by atoms with Gasteiger partial charge < -0.3 is 10.1 Å². The van der Waals surface area contributed by atoms with Crippen molar-refractivity contribution in [3.8, 4) is 5.75 Å². The van der Waals surface area contributed by atoms with E-state index in [4.69, 9.17) is 16.3 Å². The lowest BCUT2D eigenvalue weighted by molar-refractivity contribution is 0.0491. The molecule has 1 unspecified atom stereocenters. The highest BCUT2D eigenvalue weighted by molar-refractivity contribution is 6.31. The Bertz CT molecular complexity index is 1100. The number of aryl methyl sites for hydroxylation is 1. The Kier molecular flexibility index (Phi) is 5.33. The van der Waals surface area contributed by atoms with Crippen molar-refractivity contribution in [1.29, 1.82) is 0 Å². The van der Waals surface area contributed by atoms with E-state index >= 15 is 0 Å². The summed E-state index contributed by atoms with van der Waals surface area (Å²) in [6, 6.07) is 19.5. The van der Waals surface area contributed by atoms with Crippen LogP contribution in [0.5, 0.6) is 5.75 Å². The van der Waals surface area contributed by atoms with Crippen LogP contribution in [0.1, 0.15) is 38.0 Å². The summed E-state index contributed by atoms with van der Waals surface area (Å²) in [5, 5.41) is 5.05. The van der Waals surface area contributed by atoms with Gasteiger partial charge in [-0.25, -0.2) is 5.01 Å². The molecule has 4 rings (SSSR count). The van der Waals surface area contributed by atoms with Crippen LogP contribution in [-0.4, -0.2) is 23.9 Å². The number of rotatable bonds is 4. The second-order valence-corrected chi connectivity index (χ2v) is 7.43. The predicted molar refractivity (Wildman–Crippen MR) is 116 cm³/mol. The van der Waals surface area contributed by atoms with Crippen molar-refractivity contribution in [3.63, 3.8) is 0 Å². The van der Waals surface area contributed by atoms with Crippen LogP contribution in [-0.2, 0) is 0 Å². The maximum absolute atomic E-state index is 13.3. The first-order valence-electron chi connectivity index (χ1n) is 9.37. The number of methoxy groups -OCH3 is 1. The third kappa shape index (κ3) is 3.82. The van der Waals surface area contributed by atoms with Crippen LogP contribution < -0.4 is 15.5 Å². The summed E-state index contributed by atoms with van der Waals surface area (Å²) in [5.74, 6) is -0.0371. The number of hydrogen-bond acceptors (Lipinski definition) is 4. The van der Waals surface area contributed by atoms with Crippen LogP contribution in [0.2, 0.25) is 5.02 Å². The van der Waals surface area contributed by atoms with Crippen molar-refractivity contribution >= 4 is 29.1 Å². The number of carbonyl (C=O) groups excluding carboxylic acids is 2. The standard InChI is InChI=1S/C23H20ClN3O3/c1-14-3-5-16(6-4-14)22(28)26-27-21(15-7-10-18(30-2)11-8-15)25-20-12-9-17(24)13-19(20)23(27)29/h3-13,21,25H,1-2H3,(H,26,28). The molecule has 30 heavy (non-hydrogen) atoms. The van der Waals surface area contributed by atoms with Gasteiger partial charge >= 0.3 is 0 Å². The predicted octanol–water partition coefficient (Wildman–Crippen LogP) is 4.57. The van der Waals surface area contributed by atoms with Gasteiger partial charge in [-0.2, -0.15) is 0 Å². The van der Waals surface area contributed by atoms with E-state index in [9.17, 15) is 9.59 Å². The maximum Gasteiger partial charge on any atom is 0.276 e. The van der Waals surface area contributed by atoms with E-state index in [1.54, 1.807) is 49.6 Å². The lowest BCUT2D eigenvalue weighted by Gasteiger charge is -2.37. The Morgan fingerprint density at radius 3 is 2.43 bits per heavy atom. The highest BCUT2D eigenvalue weighted by Gasteiger charge is 2.34. The minimum Gasteiger partial charge on any atom is -0.497 e. The fourth-order valence-electron chi connectivity index (χ4n) is 3.29. The zero-order valence-electron chi connectivity index (χ0n) is 16.5. The van der Waals surface area contributed by atoms with Crippen LogP contribution >= 0.6 is 11.6 Å². The molecule has 152 valence electrons. The number of nitrogens with one attached hydrogen (secondary N) is 2. The summed E-state index contributed by atoms with van der Waals surface area (Å²) in [5.41, 5.74) is 6.07. The van der Waals surface area contributed by atoms with Crippen LogP contribution in [0.4, 0.5) is 5.69 Å². The average Bonchev–Trinajstić information content (AvgIpc) is 2.76. The quantitative estimate of drug-likeness (QED) is 0.647.